The van der Waals surface area contributed by atoms with Crippen LogP contribution in [0.3, 0.4) is 0 Å². The molecule has 3 atom stereocenters. The van der Waals surface area contributed by atoms with E-state index in [1.54, 1.807) is 13.8 Å². The van der Waals surface area contributed by atoms with E-state index in [1.807, 2.05) is 0 Å². The largest absolute Gasteiger partial charge is 0.386 e. The van der Waals surface area contributed by atoms with Gasteiger partial charge in [0, 0.05) is 5.57 Å². The molecular formula is C15H24O3. The van der Waals surface area contributed by atoms with Crippen molar-refractivity contribution >= 4 is 5.78 Å². The molecule has 18 heavy (non-hydrogen) atoms. The van der Waals surface area contributed by atoms with E-state index < -0.39 is 11.2 Å². The van der Waals surface area contributed by atoms with Crippen molar-refractivity contribution in [1.29, 1.82) is 0 Å². The standard InChI is InChI=1S/C15H24O3/c1-9(2)10-5-7-14(3,17)11-6-8-15(4,18)13(16)12(10)11/h9-10,17-18H,5-8H2,1-4H3. The zero-order chi connectivity index (χ0) is 13.7. The minimum Gasteiger partial charge on any atom is -0.386 e. The van der Waals surface area contributed by atoms with Crippen LogP contribution in [0.1, 0.15) is 53.4 Å². The van der Waals surface area contributed by atoms with E-state index in [4.69, 9.17) is 0 Å². The maximum Gasteiger partial charge on any atom is 0.190 e. The molecule has 0 amide bonds. The van der Waals surface area contributed by atoms with Crippen LogP contribution in [0.25, 0.3) is 0 Å². The van der Waals surface area contributed by atoms with Crippen LogP contribution >= 0.6 is 0 Å². The van der Waals surface area contributed by atoms with Gasteiger partial charge in [0.2, 0.25) is 0 Å². The van der Waals surface area contributed by atoms with Gasteiger partial charge in [-0.15, -0.1) is 0 Å². The lowest BCUT2D eigenvalue weighted by atomic mass is 9.63. The molecule has 0 bridgehead atoms. The van der Waals surface area contributed by atoms with Crippen LogP contribution in [0.15, 0.2) is 11.1 Å². The Hall–Kier alpha value is -0.670. The van der Waals surface area contributed by atoms with Gasteiger partial charge in [-0.25, -0.2) is 0 Å². The summed E-state index contributed by atoms with van der Waals surface area (Å²) >= 11 is 0. The van der Waals surface area contributed by atoms with Crippen molar-refractivity contribution in [1.82, 2.24) is 0 Å². The summed E-state index contributed by atoms with van der Waals surface area (Å²) in [7, 11) is 0. The molecule has 0 aromatic carbocycles. The van der Waals surface area contributed by atoms with Crippen molar-refractivity contribution in [3.05, 3.63) is 11.1 Å². The Balaban J connectivity index is 2.53. The third-order valence-electron chi connectivity index (χ3n) is 4.69. The molecule has 2 aliphatic carbocycles. The summed E-state index contributed by atoms with van der Waals surface area (Å²) in [6.07, 6.45) is 2.59. The normalized spacial score (nSPS) is 41.3. The van der Waals surface area contributed by atoms with Crippen LogP contribution in [0.4, 0.5) is 0 Å². The molecular weight excluding hydrogens is 228 g/mol. The van der Waals surface area contributed by atoms with Crippen molar-refractivity contribution in [2.75, 3.05) is 0 Å². The molecule has 2 aliphatic rings. The first-order valence-corrected chi connectivity index (χ1v) is 6.90. The quantitative estimate of drug-likeness (QED) is 0.752. The molecule has 0 saturated carbocycles. The number of ketones is 1. The van der Waals surface area contributed by atoms with Gasteiger partial charge >= 0.3 is 0 Å². The summed E-state index contributed by atoms with van der Waals surface area (Å²) in [6.45, 7) is 7.60. The number of carbonyl (C=O) groups excluding carboxylic acids is 1. The minimum atomic E-state index is -1.25. The van der Waals surface area contributed by atoms with E-state index in [0.717, 1.165) is 17.6 Å². The van der Waals surface area contributed by atoms with Crippen molar-refractivity contribution in [3.63, 3.8) is 0 Å². The second kappa shape index (κ2) is 4.17. The molecule has 3 nitrogen and oxygen atoms in total. The summed E-state index contributed by atoms with van der Waals surface area (Å²) < 4.78 is 0. The highest BCUT2D eigenvalue weighted by Gasteiger charge is 2.47. The molecule has 2 rings (SSSR count). The Kier molecular flexibility index (Phi) is 3.19. The van der Waals surface area contributed by atoms with Crippen LogP contribution in [0.5, 0.6) is 0 Å². The fourth-order valence-corrected chi connectivity index (χ4v) is 3.39. The van der Waals surface area contributed by atoms with Crippen LogP contribution in [-0.4, -0.2) is 27.2 Å². The van der Waals surface area contributed by atoms with Gasteiger partial charge in [0.05, 0.1) is 5.60 Å². The second-order valence-electron chi connectivity index (χ2n) is 6.66. The number of aliphatic hydroxyl groups is 2. The highest BCUT2D eigenvalue weighted by atomic mass is 16.3. The predicted octanol–water partition coefficient (Wildman–Crippen LogP) is 2.21. The smallest absolute Gasteiger partial charge is 0.190 e. The van der Waals surface area contributed by atoms with E-state index in [2.05, 4.69) is 13.8 Å². The summed E-state index contributed by atoms with van der Waals surface area (Å²) in [5.74, 6) is 0.380. The van der Waals surface area contributed by atoms with Gasteiger partial charge in [0.15, 0.2) is 5.78 Å². The molecule has 0 aromatic rings. The number of hydrogen-bond donors (Lipinski definition) is 2. The van der Waals surface area contributed by atoms with Crippen LogP contribution in [0.2, 0.25) is 0 Å². The zero-order valence-electron chi connectivity index (χ0n) is 11.8. The van der Waals surface area contributed by atoms with Gasteiger partial charge in [0.1, 0.15) is 5.60 Å². The molecule has 3 heteroatoms. The van der Waals surface area contributed by atoms with Gasteiger partial charge in [-0.3, -0.25) is 4.79 Å². The summed E-state index contributed by atoms with van der Waals surface area (Å²) in [6, 6.07) is 0. The van der Waals surface area contributed by atoms with Gasteiger partial charge in [-0.05, 0) is 56.9 Å². The molecule has 102 valence electrons. The average molecular weight is 252 g/mol. The van der Waals surface area contributed by atoms with E-state index in [-0.39, 0.29) is 11.7 Å². The van der Waals surface area contributed by atoms with E-state index in [1.165, 1.54) is 0 Å². The fourth-order valence-electron chi connectivity index (χ4n) is 3.39. The average Bonchev–Trinajstić information content (AvgIpc) is 2.23. The number of Topliss-reactive ketones (excluding diaryl/α,β-unsaturated/α-hetero) is 1. The number of carbonyl (C=O) groups is 1. The fraction of sp³-hybridized carbons (Fsp3) is 0.800. The SMILES string of the molecule is CC(C)C1CCC(C)(O)C2=C1C(=O)C(C)(O)CC2. The first-order valence-electron chi connectivity index (χ1n) is 6.90. The maximum atomic E-state index is 12.5. The van der Waals surface area contributed by atoms with Crippen molar-refractivity contribution < 1.29 is 15.0 Å². The van der Waals surface area contributed by atoms with Crippen molar-refractivity contribution in [3.8, 4) is 0 Å². The third kappa shape index (κ3) is 2.04. The Bertz CT molecular complexity index is 402. The molecule has 0 heterocycles. The second-order valence-corrected chi connectivity index (χ2v) is 6.66. The molecule has 0 spiro atoms. The Labute approximate surface area is 109 Å². The van der Waals surface area contributed by atoms with Crippen molar-refractivity contribution in [2.45, 2.75) is 64.6 Å². The van der Waals surface area contributed by atoms with Crippen LogP contribution in [-0.2, 0) is 4.79 Å². The molecule has 2 N–H and O–H groups in total. The highest BCUT2D eigenvalue weighted by molar-refractivity contribution is 6.03. The summed E-state index contributed by atoms with van der Waals surface area (Å²) in [5, 5.41) is 20.7. The zero-order valence-corrected chi connectivity index (χ0v) is 11.8. The monoisotopic (exact) mass is 252 g/mol. The van der Waals surface area contributed by atoms with E-state index in [9.17, 15) is 15.0 Å². The first-order chi connectivity index (χ1) is 8.17. The molecule has 3 unspecified atom stereocenters. The summed E-state index contributed by atoms with van der Waals surface area (Å²) in [5.41, 5.74) is -0.520. The number of rotatable bonds is 1. The van der Waals surface area contributed by atoms with E-state index >= 15 is 0 Å². The topological polar surface area (TPSA) is 57.5 Å². The maximum absolute atomic E-state index is 12.5. The van der Waals surface area contributed by atoms with Crippen molar-refractivity contribution in [2.24, 2.45) is 11.8 Å². The summed E-state index contributed by atoms with van der Waals surface area (Å²) in [4.78, 5) is 12.5. The minimum absolute atomic E-state index is 0.164. The lowest BCUT2D eigenvalue weighted by Crippen LogP contribution is -2.48. The highest BCUT2D eigenvalue weighted by Crippen LogP contribution is 2.47. The molecule has 0 radical (unpaired) electrons. The van der Waals surface area contributed by atoms with Gasteiger partial charge < -0.3 is 10.2 Å². The van der Waals surface area contributed by atoms with Crippen LogP contribution in [0, 0.1) is 11.8 Å². The van der Waals surface area contributed by atoms with Gasteiger partial charge in [0.25, 0.3) is 0 Å². The van der Waals surface area contributed by atoms with Gasteiger partial charge in [-0.2, -0.15) is 0 Å². The Morgan fingerprint density at radius 1 is 1.17 bits per heavy atom. The lowest BCUT2D eigenvalue weighted by Gasteiger charge is -2.44. The molecule has 0 aliphatic heterocycles. The Morgan fingerprint density at radius 2 is 1.78 bits per heavy atom. The molecule has 0 fully saturated rings. The third-order valence-corrected chi connectivity index (χ3v) is 4.69. The van der Waals surface area contributed by atoms with Gasteiger partial charge in [-0.1, -0.05) is 13.8 Å². The molecule has 0 saturated heterocycles. The Morgan fingerprint density at radius 3 is 2.33 bits per heavy atom. The predicted molar refractivity (Wildman–Crippen MR) is 70.1 cm³/mol. The van der Waals surface area contributed by atoms with Crippen LogP contribution < -0.4 is 0 Å². The van der Waals surface area contributed by atoms with E-state index in [0.29, 0.717) is 25.2 Å². The first kappa shape index (κ1) is 13.8. The number of hydrogen-bond acceptors (Lipinski definition) is 3. The lowest BCUT2D eigenvalue weighted by molar-refractivity contribution is -0.135. The molecule has 0 aromatic heterocycles.